The second-order valence-corrected chi connectivity index (χ2v) is 4.11. The highest BCUT2D eigenvalue weighted by atomic mass is 16.5. The van der Waals surface area contributed by atoms with Gasteiger partial charge in [-0.05, 0) is 6.07 Å². The van der Waals surface area contributed by atoms with Gasteiger partial charge in [-0.3, -0.25) is 0 Å². The first-order chi connectivity index (χ1) is 9.65. The average Bonchev–Trinajstić information content (AvgIpc) is 2.47. The van der Waals surface area contributed by atoms with Gasteiger partial charge in [0, 0.05) is 11.6 Å². The van der Waals surface area contributed by atoms with Crippen molar-refractivity contribution in [3.63, 3.8) is 0 Å². The molecule has 1 aromatic carbocycles. The van der Waals surface area contributed by atoms with Crippen molar-refractivity contribution in [2.45, 2.75) is 5.92 Å². The molecular weight excluding hydrogens is 256 g/mol. The van der Waals surface area contributed by atoms with Gasteiger partial charge in [0.25, 0.3) is 0 Å². The summed E-state index contributed by atoms with van der Waals surface area (Å²) in [5.74, 6) is -0.875. The molecule has 0 aromatic heterocycles. The molecule has 0 bridgehead atoms. The number of benzene rings is 1. The van der Waals surface area contributed by atoms with E-state index < -0.39 is 11.8 Å². The molecule has 0 amide bonds. The van der Waals surface area contributed by atoms with E-state index in [2.05, 4.69) is 0 Å². The van der Waals surface area contributed by atoms with Gasteiger partial charge in [0.1, 0.15) is 23.5 Å². The van der Waals surface area contributed by atoms with Crippen LogP contribution in [0.15, 0.2) is 29.7 Å². The quantitative estimate of drug-likeness (QED) is 0.867. The summed E-state index contributed by atoms with van der Waals surface area (Å²) in [6.45, 7) is 0. The van der Waals surface area contributed by atoms with E-state index in [1.54, 1.807) is 18.2 Å². The Morgan fingerprint density at radius 3 is 2.55 bits per heavy atom. The maximum Gasteiger partial charge on any atom is 0.205 e. The van der Waals surface area contributed by atoms with E-state index in [4.69, 9.17) is 25.7 Å². The van der Waals surface area contributed by atoms with Crippen LogP contribution in [0.25, 0.3) is 0 Å². The van der Waals surface area contributed by atoms with Crippen LogP contribution >= 0.6 is 0 Å². The highest BCUT2D eigenvalue weighted by molar-refractivity contribution is 5.54. The molecular formula is C14H10N4O2. The van der Waals surface area contributed by atoms with Crippen molar-refractivity contribution in [3.05, 3.63) is 35.2 Å². The molecule has 0 saturated heterocycles. The second-order valence-electron chi connectivity index (χ2n) is 4.11. The summed E-state index contributed by atoms with van der Waals surface area (Å²) in [6.07, 6.45) is 0. The van der Waals surface area contributed by atoms with E-state index in [-0.39, 0.29) is 11.5 Å². The molecule has 1 aromatic rings. The van der Waals surface area contributed by atoms with Crippen LogP contribution in [0.2, 0.25) is 0 Å². The number of allylic oxidation sites excluding steroid dienone is 1. The number of rotatable bonds is 2. The molecule has 0 aliphatic carbocycles. The minimum atomic E-state index is -1.01. The fourth-order valence-electron chi connectivity index (χ4n) is 2.12. The van der Waals surface area contributed by atoms with E-state index in [1.165, 1.54) is 7.11 Å². The Balaban J connectivity index is 2.63. The third kappa shape index (κ3) is 1.98. The van der Waals surface area contributed by atoms with Crippen LogP contribution in [0.1, 0.15) is 11.5 Å². The van der Waals surface area contributed by atoms with Gasteiger partial charge in [-0.25, -0.2) is 0 Å². The minimum Gasteiger partial charge on any atom is -0.497 e. The SMILES string of the molecule is COc1ccc2c(c1)OC(N)=C(C#N)C2C(C#N)C#N. The van der Waals surface area contributed by atoms with Crippen molar-refractivity contribution in [2.75, 3.05) is 7.11 Å². The molecule has 2 N–H and O–H groups in total. The van der Waals surface area contributed by atoms with E-state index in [0.717, 1.165) is 0 Å². The summed E-state index contributed by atoms with van der Waals surface area (Å²) >= 11 is 0. The zero-order valence-electron chi connectivity index (χ0n) is 10.6. The van der Waals surface area contributed by atoms with Crippen molar-refractivity contribution in [1.82, 2.24) is 0 Å². The highest BCUT2D eigenvalue weighted by Crippen LogP contribution is 2.43. The van der Waals surface area contributed by atoms with Gasteiger partial charge in [-0.2, -0.15) is 15.8 Å². The number of ether oxygens (including phenoxy) is 2. The molecule has 0 radical (unpaired) electrons. The lowest BCUT2D eigenvalue weighted by Crippen LogP contribution is -2.24. The van der Waals surface area contributed by atoms with Gasteiger partial charge in [-0.15, -0.1) is 0 Å². The first-order valence-corrected chi connectivity index (χ1v) is 5.71. The van der Waals surface area contributed by atoms with Crippen molar-refractivity contribution in [1.29, 1.82) is 15.8 Å². The van der Waals surface area contributed by atoms with E-state index in [9.17, 15) is 5.26 Å². The zero-order valence-corrected chi connectivity index (χ0v) is 10.6. The third-order valence-electron chi connectivity index (χ3n) is 3.08. The number of nitrogens with zero attached hydrogens (tertiary/aromatic N) is 3. The van der Waals surface area contributed by atoms with Crippen LogP contribution in [0.5, 0.6) is 11.5 Å². The van der Waals surface area contributed by atoms with E-state index >= 15 is 0 Å². The lowest BCUT2D eigenvalue weighted by atomic mass is 9.80. The van der Waals surface area contributed by atoms with Crippen LogP contribution in [-0.2, 0) is 0 Å². The predicted molar refractivity (Wildman–Crippen MR) is 67.9 cm³/mol. The summed E-state index contributed by atoms with van der Waals surface area (Å²) in [4.78, 5) is 0. The first kappa shape index (κ1) is 13.3. The topological polar surface area (TPSA) is 116 Å². The maximum absolute atomic E-state index is 9.19. The molecule has 1 aliphatic rings. The van der Waals surface area contributed by atoms with Crippen LogP contribution in [-0.4, -0.2) is 7.11 Å². The standard InChI is InChI=1S/C14H10N4O2/c1-19-9-2-3-10-12(4-9)20-14(18)11(7-17)13(10)8(5-15)6-16/h2-4,8,13H,18H2,1H3. The predicted octanol–water partition coefficient (Wildman–Crippen LogP) is 1.53. The monoisotopic (exact) mass is 266 g/mol. The second kappa shape index (κ2) is 5.22. The van der Waals surface area contributed by atoms with Crippen LogP contribution in [0.4, 0.5) is 0 Å². The number of hydrogen-bond donors (Lipinski definition) is 1. The Bertz CT molecular complexity index is 689. The number of nitriles is 3. The van der Waals surface area contributed by atoms with Crippen molar-refractivity contribution in [3.8, 4) is 29.7 Å². The van der Waals surface area contributed by atoms with E-state index in [1.807, 2.05) is 18.2 Å². The Morgan fingerprint density at radius 2 is 2.00 bits per heavy atom. The molecule has 0 spiro atoms. The van der Waals surface area contributed by atoms with Gasteiger partial charge in [-0.1, -0.05) is 6.07 Å². The fourth-order valence-corrected chi connectivity index (χ4v) is 2.12. The van der Waals surface area contributed by atoms with Crippen molar-refractivity contribution >= 4 is 0 Å². The molecule has 1 aliphatic heterocycles. The van der Waals surface area contributed by atoms with Crippen LogP contribution in [0, 0.1) is 39.9 Å². The van der Waals surface area contributed by atoms with Crippen LogP contribution < -0.4 is 15.2 Å². The minimum absolute atomic E-state index is 0.0891. The van der Waals surface area contributed by atoms with Gasteiger partial charge in [0.15, 0.2) is 0 Å². The summed E-state index contributed by atoms with van der Waals surface area (Å²) in [5, 5.41) is 27.4. The summed E-state index contributed by atoms with van der Waals surface area (Å²) in [5.41, 5.74) is 6.38. The molecule has 1 atom stereocenters. The molecule has 1 heterocycles. The molecule has 0 fully saturated rings. The van der Waals surface area contributed by atoms with Gasteiger partial charge in [0.05, 0.1) is 30.7 Å². The Kier molecular flexibility index (Phi) is 3.46. The molecule has 1 unspecified atom stereocenters. The van der Waals surface area contributed by atoms with E-state index in [0.29, 0.717) is 17.1 Å². The summed E-state index contributed by atoms with van der Waals surface area (Å²) in [7, 11) is 1.51. The van der Waals surface area contributed by atoms with Crippen molar-refractivity contribution in [2.24, 2.45) is 11.7 Å². The Morgan fingerprint density at radius 1 is 1.30 bits per heavy atom. The largest absolute Gasteiger partial charge is 0.497 e. The number of fused-ring (bicyclic) bond motifs is 1. The fraction of sp³-hybridized carbons (Fsp3) is 0.214. The molecule has 2 rings (SSSR count). The van der Waals surface area contributed by atoms with Gasteiger partial charge < -0.3 is 15.2 Å². The highest BCUT2D eigenvalue weighted by Gasteiger charge is 2.35. The lowest BCUT2D eigenvalue weighted by molar-refractivity contribution is 0.373. The van der Waals surface area contributed by atoms with Crippen LogP contribution in [0.3, 0.4) is 0 Å². The summed E-state index contributed by atoms with van der Waals surface area (Å²) < 4.78 is 10.5. The zero-order chi connectivity index (χ0) is 14.7. The third-order valence-corrected chi connectivity index (χ3v) is 3.08. The normalized spacial score (nSPS) is 16.4. The molecule has 6 nitrogen and oxygen atoms in total. The number of methoxy groups -OCH3 is 1. The summed E-state index contributed by atoms with van der Waals surface area (Å²) in [6, 6.07) is 10.6. The first-order valence-electron chi connectivity index (χ1n) is 5.71. The van der Waals surface area contributed by atoms with Gasteiger partial charge in [0.2, 0.25) is 5.88 Å². The van der Waals surface area contributed by atoms with Crippen molar-refractivity contribution < 1.29 is 9.47 Å². The molecule has 98 valence electrons. The average molecular weight is 266 g/mol. The Hall–Kier alpha value is -3.17. The number of hydrogen-bond acceptors (Lipinski definition) is 6. The number of nitrogens with two attached hydrogens (primary N) is 1. The van der Waals surface area contributed by atoms with Gasteiger partial charge >= 0.3 is 0 Å². The smallest absolute Gasteiger partial charge is 0.205 e. The molecule has 20 heavy (non-hydrogen) atoms. The molecule has 0 saturated carbocycles. The Labute approximate surface area is 115 Å². The molecule has 6 heteroatoms. The lowest BCUT2D eigenvalue weighted by Gasteiger charge is -2.26. The maximum atomic E-state index is 9.19.